The lowest BCUT2D eigenvalue weighted by Gasteiger charge is -2.47. The molecule has 5 heteroatoms. The first-order valence-electron chi connectivity index (χ1n) is 10.3. The van der Waals surface area contributed by atoms with Gasteiger partial charge >= 0.3 is 0 Å². The van der Waals surface area contributed by atoms with E-state index in [-0.39, 0.29) is 11.2 Å². The number of hydrogen-bond donors (Lipinski definition) is 1. The second-order valence-electron chi connectivity index (χ2n) is 8.63. The van der Waals surface area contributed by atoms with E-state index in [1.165, 1.54) is 17.7 Å². The minimum Gasteiger partial charge on any atom is -0.493 e. The second-order valence-corrected chi connectivity index (χ2v) is 8.63. The van der Waals surface area contributed by atoms with Gasteiger partial charge in [0, 0.05) is 29.5 Å². The fourth-order valence-corrected chi connectivity index (χ4v) is 4.83. The van der Waals surface area contributed by atoms with Gasteiger partial charge in [0.2, 0.25) is 5.72 Å². The van der Waals surface area contributed by atoms with Gasteiger partial charge in [-0.15, -0.1) is 0 Å². The van der Waals surface area contributed by atoms with E-state index in [0.29, 0.717) is 23.7 Å². The molecule has 3 aromatic rings. The highest BCUT2D eigenvalue weighted by molar-refractivity contribution is 5.75. The van der Waals surface area contributed by atoms with Crippen LogP contribution in [0.4, 0.5) is 15.8 Å². The number of nitrogens with two attached hydrogens (primary N) is 1. The summed E-state index contributed by atoms with van der Waals surface area (Å²) in [6.45, 7) is 4.95. The zero-order chi connectivity index (χ0) is 21.8. The topological polar surface area (TPSA) is 47.7 Å². The molecule has 1 spiro atoms. The number of para-hydroxylation sites is 1. The smallest absolute Gasteiger partial charge is 0.212 e. The molecule has 0 radical (unpaired) electrons. The number of nitrogen functional groups attached to an aromatic ring is 1. The van der Waals surface area contributed by atoms with Crippen LogP contribution < -0.4 is 20.1 Å². The van der Waals surface area contributed by atoms with Crippen molar-refractivity contribution in [3.05, 3.63) is 89.2 Å². The molecular weight excluding hydrogens is 391 g/mol. The summed E-state index contributed by atoms with van der Waals surface area (Å²) in [5, 5.41) is 0. The second kappa shape index (κ2) is 6.77. The van der Waals surface area contributed by atoms with E-state index in [9.17, 15) is 4.39 Å². The summed E-state index contributed by atoms with van der Waals surface area (Å²) < 4.78 is 26.0. The standard InChI is InChI=1S/C26H25FN2O2/c1-25(2)21-6-4-5-7-22(21)29(16-17-8-10-19(27)11-9-17)26(25)13-12-18-14-20(28)15-23(30-3)24(18)31-26/h4-15H,16,28H2,1-3H3. The van der Waals surface area contributed by atoms with Crippen LogP contribution in [0.2, 0.25) is 0 Å². The molecule has 3 aromatic carbocycles. The van der Waals surface area contributed by atoms with Gasteiger partial charge in [-0.3, -0.25) is 0 Å². The molecule has 5 rings (SSSR count). The van der Waals surface area contributed by atoms with Crippen molar-refractivity contribution in [2.75, 3.05) is 17.7 Å². The first kappa shape index (κ1) is 19.5. The van der Waals surface area contributed by atoms with Crippen molar-refractivity contribution in [2.24, 2.45) is 0 Å². The lowest BCUT2D eigenvalue weighted by Crippen LogP contribution is -2.59. The third-order valence-corrected chi connectivity index (χ3v) is 6.49. The van der Waals surface area contributed by atoms with Gasteiger partial charge in [0.05, 0.1) is 12.5 Å². The number of fused-ring (bicyclic) bond motifs is 2. The van der Waals surface area contributed by atoms with E-state index in [0.717, 1.165) is 16.8 Å². The Morgan fingerprint density at radius 3 is 2.55 bits per heavy atom. The quantitative estimate of drug-likeness (QED) is 0.572. The molecule has 1 unspecified atom stereocenters. The maximum absolute atomic E-state index is 13.5. The van der Waals surface area contributed by atoms with Crippen LogP contribution in [0.25, 0.3) is 6.08 Å². The molecule has 1 atom stereocenters. The van der Waals surface area contributed by atoms with Crippen molar-refractivity contribution in [1.29, 1.82) is 0 Å². The Morgan fingerprint density at radius 1 is 1.06 bits per heavy atom. The molecule has 0 fully saturated rings. The van der Waals surface area contributed by atoms with Gasteiger partial charge in [-0.1, -0.05) is 30.3 Å². The van der Waals surface area contributed by atoms with Crippen molar-refractivity contribution >= 4 is 17.5 Å². The van der Waals surface area contributed by atoms with Gasteiger partial charge in [-0.25, -0.2) is 4.39 Å². The molecule has 0 aliphatic carbocycles. The zero-order valence-corrected chi connectivity index (χ0v) is 17.9. The largest absolute Gasteiger partial charge is 0.493 e. The number of anilines is 2. The van der Waals surface area contributed by atoms with Gasteiger partial charge in [0.15, 0.2) is 11.5 Å². The maximum Gasteiger partial charge on any atom is 0.212 e. The highest BCUT2D eigenvalue weighted by Crippen LogP contribution is 2.56. The average Bonchev–Trinajstić information content (AvgIpc) is 2.94. The molecular formula is C26H25FN2O2. The highest BCUT2D eigenvalue weighted by Gasteiger charge is 2.59. The first-order valence-corrected chi connectivity index (χ1v) is 10.3. The molecule has 158 valence electrons. The molecule has 0 amide bonds. The number of halogens is 1. The Balaban J connectivity index is 1.68. The predicted octanol–water partition coefficient (Wildman–Crippen LogP) is 5.52. The van der Waals surface area contributed by atoms with Crippen molar-refractivity contribution in [2.45, 2.75) is 31.5 Å². The van der Waals surface area contributed by atoms with Crippen LogP contribution in [-0.2, 0) is 12.0 Å². The monoisotopic (exact) mass is 416 g/mol. The van der Waals surface area contributed by atoms with Gasteiger partial charge in [-0.2, -0.15) is 0 Å². The molecule has 2 heterocycles. The summed E-state index contributed by atoms with van der Waals surface area (Å²) in [7, 11) is 1.62. The van der Waals surface area contributed by atoms with E-state index < -0.39 is 5.72 Å². The minimum absolute atomic E-state index is 0.245. The Hall–Kier alpha value is -3.47. The first-order chi connectivity index (χ1) is 14.9. The molecule has 2 aliphatic heterocycles. The molecule has 0 saturated heterocycles. The number of nitrogens with zero attached hydrogens (tertiary/aromatic N) is 1. The predicted molar refractivity (Wildman–Crippen MR) is 122 cm³/mol. The van der Waals surface area contributed by atoms with Gasteiger partial charge in [0.25, 0.3) is 0 Å². The van der Waals surface area contributed by atoms with Crippen LogP contribution in [0.3, 0.4) is 0 Å². The Morgan fingerprint density at radius 2 is 1.81 bits per heavy atom. The summed E-state index contributed by atoms with van der Waals surface area (Å²) in [6, 6.07) is 18.6. The van der Waals surface area contributed by atoms with Gasteiger partial charge < -0.3 is 20.1 Å². The number of hydrogen-bond acceptors (Lipinski definition) is 4. The van der Waals surface area contributed by atoms with E-state index in [4.69, 9.17) is 15.2 Å². The summed E-state index contributed by atoms with van der Waals surface area (Å²) in [4.78, 5) is 2.25. The van der Waals surface area contributed by atoms with Crippen LogP contribution in [0.1, 0.15) is 30.5 Å². The summed E-state index contributed by atoms with van der Waals surface area (Å²) in [5.41, 5.74) is 9.69. The van der Waals surface area contributed by atoms with Crippen molar-refractivity contribution in [3.63, 3.8) is 0 Å². The van der Waals surface area contributed by atoms with E-state index >= 15 is 0 Å². The van der Waals surface area contributed by atoms with Gasteiger partial charge in [-0.05, 0) is 61.4 Å². The number of benzene rings is 3. The number of rotatable bonds is 3. The van der Waals surface area contributed by atoms with Crippen molar-refractivity contribution in [3.8, 4) is 11.5 Å². The van der Waals surface area contributed by atoms with E-state index in [1.807, 2.05) is 24.3 Å². The molecule has 2 N–H and O–H groups in total. The molecule has 0 bridgehead atoms. The molecule has 31 heavy (non-hydrogen) atoms. The highest BCUT2D eigenvalue weighted by atomic mass is 19.1. The summed E-state index contributed by atoms with van der Waals surface area (Å²) in [6.07, 6.45) is 4.17. The zero-order valence-electron chi connectivity index (χ0n) is 17.9. The normalized spacial score (nSPS) is 20.3. The lowest BCUT2D eigenvalue weighted by molar-refractivity contribution is 0.0493. The van der Waals surface area contributed by atoms with Crippen LogP contribution in [-0.4, -0.2) is 12.8 Å². The Kier molecular flexibility index (Phi) is 4.26. The molecule has 4 nitrogen and oxygen atoms in total. The van der Waals surface area contributed by atoms with Crippen molar-refractivity contribution in [1.82, 2.24) is 0 Å². The third kappa shape index (κ3) is 2.80. The summed E-state index contributed by atoms with van der Waals surface area (Å²) in [5.74, 6) is 1.03. The van der Waals surface area contributed by atoms with Crippen molar-refractivity contribution < 1.29 is 13.9 Å². The maximum atomic E-state index is 13.5. The molecule has 0 aromatic heterocycles. The van der Waals surface area contributed by atoms with E-state index in [2.05, 4.69) is 49.1 Å². The van der Waals surface area contributed by atoms with Crippen LogP contribution in [0.15, 0.2) is 66.7 Å². The molecule has 2 aliphatic rings. The van der Waals surface area contributed by atoms with Gasteiger partial charge in [0.1, 0.15) is 5.82 Å². The fraction of sp³-hybridized carbons (Fsp3) is 0.231. The fourth-order valence-electron chi connectivity index (χ4n) is 4.83. The third-order valence-electron chi connectivity index (χ3n) is 6.49. The van der Waals surface area contributed by atoms with Crippen LogP contribution in [0, 0.1) is 5.82 Å². The van der Waals surface area contributed by atoms with Crippen LogP contribution >= 0.6 is 0 Å². The van der Waals surface area contributed by atoms with Crippen LogP contribution in [0.5, 0.6) is 11.5 Å². The summed E-state index contributed by atoms with van der Waals surface area (Å²) >= 11 is 0. The molecule has 0 saturated carbocycles. The number of ether oxygens (including phenoxy) is 2. The average molecular weight is 416 g/mol. The SMILES string of the molecule is COc1cc(N)cc2c1OC1(C=C2)N(Cc2ccc(F)cc2)c2ccccc2C1(C)C. The number of methoxy groups -OCH3 is 1. The lowest BCUT2D eigenvalue weighted by atomic mass is 9.76. The minimum atomic E-state index is -0.790. The Labute approximate surface area is 181 Å². The Bertz CT molecular complexity index is 1190. The van der Waals surface area contributed by atoms with E-state index in [1.54, 1.807) is 13.2 Å².